The van der Waals surface area contributed by atoms with Gasteiger partial charge >= 0.3 is 0 Å². The molecule has 2 aliphatic heterocycles. The van der Waals surface area contributed by atoms with Gasteiger partial charge in [0.25, 0.3) is 0 Å². The van der Waals surface area contributed by atoms with Crippen LogP contribution in [0.3, 0.4) is 0 Å². The first-order valence-electron chi connectivity index (χ1n) is 12.0. The molecule has 4 heteroatoms. The highest BCUT2D eigenvalue weighted by molar-refractivity contribution is 5.81. The molecule has 0 aromatic heterocycles. The monoisotopic (exact) mass is 406 g/mol. The van der Waals surface area contributed by atoms with Crippen LogP contribution in [0.25, 0.3) is 0 Å². The number of hydrogen-bond acceptors (Lipinski definition) is 3. The van der Waals surface area contributed by atoms with Gasteiger partial charge in [0.1, 0.15) is 0 Å². The average molecular weight is 407 g/mol. The minimum atomic E-state index is 0.168. The zero-order chi connectivity index (χ0) is 20.5. The van der Waals surface area contributed by atoms with Gasteiger partial charge in [-0.15, -0.1) is 0 Å². The standard InChI is InChI=1S/C26H34N2O2/c29-18-24-25(21-11-9-20(10-12-21)8-7-19-5-1-2-6-19)23-17-27(26(30)22-13-14-22)15-3-4-16-28(23)24/h9-12,19,22-25,29H,1-6,13-18H2/t23-,24-,25+/m0/s1. The van der Waals surface area contributed by atoms with Crippen molar-refractivity contribution in [2.75, 3.05) is 26.2 Å². The molecule has 5 rings (SSSR count). The first-order chi connectivity index (χ1) is 14.7. The SMILES string of the molecule is O=C(C1CC1)N1CCCCN2[C@@H](CO)[C@H](c3ccc(C#CC4CCCC4)cc3)[C@@H]2C1. The van der Waals surface area contributed by atoms with Gasteiger partial charge in [-0.2, -0.15) is 0 Å². The second-order valence-corrected chi connectivity index (χ2v) is 9.72. The lowest BCUT2D eigenvalue weighted by Crippen LogP contribution is -2.68. The maximum Gasteiger partial charge on any atom is 0.225 e. The largest absolute Gasteiger partial charge is 0.395 e. The molecule has 0 unspecified atom stereocenters. The van der Waals surface area contributed by atoms with E-state index in [-0.39, 0.29) is 18.6 Å². The highest BCUT2D eigenvalue weighted by Crippen LogP contribution is 2.42. The van der Waals surface area contributed by atoms with Gasteiger partial charge in [-0.25, -0.2) is 0 Å². The van der Waals surface area contributed by atoms with Crippen molar-refractivity contribution < 1.29 is 9.90 Å². The van der Waals surface area contributed by atoms with Crippen LogP contribution in [0.1, 0.15) is 68.4 Å². The molecular formula is C26H34N2O2. The third-order valence-electron chi connectivity index (χ3n) is 7.68. The minimum absolute atomic E-state index is 0.168. The predicted octanol–water partition coefficient (Wildman–Crippen LogP) is 3.39. The fourth-order valence-corrected chi connectivity index (χ4v) is 5.77. The molecule has 0 bridgehead atoms. The van der Waals surface area contributed by atoms with Crippen LogP contribution >= 0.6 is 0 Å². The van der Waals surface area contributed by atoms with Gasteiger partial charge in [0.15, 0.2) is 0 Å². The number of carbonyl (C=O) groups is 1. The maximum atomic E-state index is 12.8. The zero-order valence-corrected chi connectivity index (χ0v) is 17.9. The van der Waals surface area contributed by atoms with Crippen molar-refractivity contribution >= 4 is 5.91 Å². The summed E-state index contributed by atoms with van der Waals surface area (Å²) in [6, 6.07) is 9.18. The van der Waals surface area contributed by atoms with Crippen molar-refractivity contribution in [1.82, 2.24) is 9.80 Å². The Labute approximate surface area is 180 Å². The van der Waals surface area contributed by atoms with Gasteiger partial charge < -0.3 is 10.0 Å². The summed E-state index contributed by atoms with van der Waals surface area (Å²) < 4.78 is 0. The molecule has 1 aromatic carbocycles. The van der Waals surface area contributed by atoms with E-state index in [1.165, 1.54) is 31.2 Å². The van der Waals surface area contributed by atoms with Crippen LogP contribution in [-0.4, -0.2) is 59.1 Å². The molecule has 2 aliphatic carbocycles. The van der Waals surface area contributed by atoms with E-state index >= 15 is 0 Å². The molecule has 4 aliphatic rings. The second kappa shape index (κ2) is 8.73. The number of fused-ring (bicyclic) bond motifs is 1. The zero-order valence-electron chi connectivity index (χ0n) is 17.9. The van der Waals surface area contributed by atoms with Crippen LogP contribution < -0.4 is 0 Å². The summed E-state index contributed by atoms with van der Waals surface area (Å²) in [6.07, 6.45) is 9.44. The molecule has 160 valence electrons. The van der Waals surface area contributed by atoms with Crippen molar-refractivity contribution in [3.05, 3.63) is 35.4 Å². The quantitative estimate of drug-likeness (QED) is 0.783. The van der Waals surface area contributed by atoms with Gasteiger partial charge in [0, 0.05) is 48.5 Å². The molecule has 1 aromatic rings. The summed E-state index contributed by atoms with van der Waals surface area (Å²) in [5.41, 5.74) is 2.37. The first kappa shape index (κ1) is 20.1. The Morgan fingerprint density at radius 2 is 1.73 bits per heavy atom. The summed E-state index contributed by atoms with van der Waals surface area (Å²) in [6.45, 7) is 2.91. The second-order valence-electron chi connectivity index (χ2n) is 9.72. The Morgan fingerprint density at radius 1 is 1.00 bits per heavy atom. The minimum Gasteiger partial charge on any atom is -0.395 e. The highest BCUT2D eigenvalue weighted by Gasteiger charge is 2.50. The van der Waals surface area contributed by atoms with Crippen LogP contribution in [0.2, 0.25) is 0 Å². The summed E-state index contributed by atoms with van der Waals surface area (Å²) in [4.78, 5) is 17.3. The lowest BCUT2D eigenvalue weighted by molar-refractivity contribution is -0.137. The van der Waals surface area contributed by atoms with E-state index in [2.05, 4.69) is 45.9 Å². The Bertz CT molecular complexity index is 814. The van der Waals surface area contributed by atoms with Gasteiger partial charge in [0.2, 0.25) is 5.91 Å². The normalized spacial score (nSPS) is 29.9. The Morgan fingerprint density at radius 3 is 2.43 bits per heavy atom. The maximum absolute atomic E-state index is 12.8. The van der Waals surface area contributed by atoms with Gasteiger partial charge in [-0.3, -0.25) is 9.69 Å². The van der Waals surface area contributed by atoms with E-state index in [1.807, 2.05) is 0 Å². The van der Waals surface area contributed by atoms with Crippen molar-refractivity contribution in [3.63, 3.8) is 0 Å². The topological polar surface area (TPSA) is 43.8 Å². The van der Waals surface area contributed by atoms with Crippen LogP contribution in [0, 0.1) is 23.7 Å². The smallest absolute Gasteiger partial charge is 0.225 e. The number of hydrogen-bond donors (Lipinski definition) is 1. The molecule has 2 saturated heterocycles. The highest BCUT2D eigenvalue weighted by atomic mass is 16.3. The molecule has 2 saturated carbocycles. The van der Waals surface area contributed by atoms with Crippen LogP contribution in [-0.2, 0) is 4.79 Å². The number of benzene rings is 1. The molecule has 4 fully saturated rings. The number of amides is 1. The lowest BCUT2D eigenvalue weighted by atomic mass is 9.74. The van der Waals surface area contributed by atoms with E-state index < -0.39 is 0 Å². The lowest BCUT2D eigenvalue weighted by Gasteiger charge is -2.57. The molecule has 1 amide bonds. The van der Waals surface area contributed by atoms with E-state index in [0.717, 1.165) is 50.9 Å². The third kappa shape index (κ3) is 4.03. The summed E-state index contributed by atoms with van der Waals surface area (Å²) in [7, 11) is 0. The number of carbonyl (C=O) groups excluding carboxylic acids is 1. The Kier molecular flexibility index (Phi) is 5.85. The van der Waals surface area contributed by atoms with E-state index in [9.17, 15) is 9.90 Å². The molecule has 1 N–H and O–H groups in total. The van der Waals surface area contributed by atoms with E-state index in [0.29, 0.717) is 23.8 Å². The van der Waals surface area contributed by atoms with Crippen molar-refractivity contribution in [3.8, 4) is 11.8 Å². The van der Waals surface area contributed by atoms with Crippen molar-refractivity contribution in [2.45, 2.75) is 69.4 Å². The predicted molar refractivity (Wildman–Crippen MR) is 118 cm³/mol. The molecule has 0 spiro atoms. The molecule has 2 heterocycles. The average Bonchev–Trinajstić information content (AvgIpc) is 3.47. The van der Waals surface area contributed by atoms with Crippen LogP contribution in [0.4, 0.5) is 0 Å². The molecule has 0 radical (unpaired) electrons. The first-order valence-corrected chi connectivity index (χ1v) is 12.0. The molecule has 30 heavy (non-hydrogen) atoms. The number of nitrogens with zero attached hydrogens (tertiary/aromatic N) is 2. The summed E-state index contributed by atoms with van der Waals surface area (Å²) >= 11 is 0. The third-order valence-corrected chi connectivity index (χ3v) is 7.68. The molecule has 4 nitrogen and oxygen atoms in total. The number of aliphatic hydroxyl groups is 1. The van der Waals surface area contributed by atoms with Gasteiger partial charge in [-0.1, -0.05) is 36.8 Å². The van der Waals surface area contributed by atoms with Crippen LogP contribution in [0.15, 0.2) is 24.3 Å². The molecule has 3 atom stereocenters. The van der Waals surface area contributed by atoms with Gasteiger partial charge in [-0.05, 0) is 62.8 Å². The fourth-order valence-electron chi connectivity index (χ4n) is 5.77. The molecular weight excluding hydrogens is 372 g/mol. The van der Waals surface area contributed by atoms with Crippen molar-refractivity contribution in [1.29, 1.82) is 0 Å². The Hall–Kier alpha value is -1.83. The van der Waals surface area contributed by atoms with Gasteiger partial charge in [0.05, 0.1) is 6.61 Å². The van der Waals surface area contributed by atoms with Crippen LogP contribution in [0.5, 0.6) is 0 Å². The van der Waals surface area contributed by atoms with E-state index in [1.54, 1.807) is 0 Å². The Balaban J connectivity index is 1.32. The summed E-state index contributed by atoms with van der Waals surface area (Å²) in [5, 5.41) is 10.1. The number of rotatable bonds is 3. The number of aliphatic hydroxyl groups excluding tert-OH is 1. The summed E-state index contributed by atoms with van der Waals surface area (Å²) in [5.74, 6) is 8.33. The van der Waals surface area contributed by atoms with Crippen molar-refractivity contribution in [2.24, 2.45) is 11.8 Å². The fraction of sp³-hybridized carbons (Fsp3) is 0.654. The van der Waals surface area contributed by atoms with E-state index in [4.69, 9.17) is 0 Å².